The maximum absolute atomic E-state index is 15.2. The van der Waals surface area contributed by atoms with Gasteiger partial charge in [0.25, 0.3) is 0 Å². The number of fused-ring (bicyclic) bond motifs is 2. The molecule has 1 fully saturated rings. The van der Waals surface area contributed by atoms with E-state index in [9.17, 15) is 0 Å². The number of imidazole rings is 1. The van der Waals surface area contributed by atoms with E-state index >= 15 is 4.39 Å². The number of hydrogen-bond donors (Lipinski definition) is 2. The number of nitrogens with zero attached hydrogens (tertiary/aromatic N) is 5. The minimum absolute atomic E-state index is 0.284. The molecule has 6 heterocycles. The minimum Gasteiger partial charge on any atom is -0.337 e. The number of pyridine rings is 2. The van der Waals surface area contributed by atoms with Gasteiger partial charge < -0.3 is 4.98 Å². The Labute approximate surface area is 210 Å². The smallest absolute Gasteiger partial charge is 0.157 e. The first-order chi connectivity index (χ1) is 17.7. The lowest BCUT2D eigenvalue weighted by molar-refractivity contribution is 0.331. The number of benzene rings is 1. The van der Waals surface area contributed by atoms with Gasteiger partial charge in [-0.1, -0.05) is 6.07 Å². The fourth-order valence-corrected chi connectivity index (χ4v) is 5.72. The van der Waals surface area contributed by atoms with Crippen molar-refractivity contribution < 1.29 is 4.39 Å². The molecule has 36 heavy (non-hydrogen) atoms. The van der Waals surface area contributed by atoms with Crippen LogP contribution in [0.3, 0.4) is 0 Å². The Morgan fingerprint density at radius 1 is 1.03 bits per heavy atom. The van der Waals surface area contributed by atoms with Gasteiger partial charge in [0.2, 0.25) is 0 Å². The Kier molecular flexibility index (Phi) is 5.11. The van der Waals surface area contributed by atoms with Gasteiger partial charge in [0.1, 0.15) is 22.4 Å². The number of aromatic nitrogens is 6. The number of rotatable bonds is 5. The molecule has 2 N–H and O–H groups in total. The number of likely N-dealkylation sites (tertiary alicyclic amines) is 1. The van der Waals surface area contributed by atoms with Crippen LogP contribution < -0.4 is 0 Å². The predicted octanol–water partition coefficient (Wildman–Crippen LogP) is 6.03. The second kappa shape index (κ2) is 8.61. The van der Waals surface area contributed by atoms with Gasteiger partial charge in [0.15, 0.2) is 11.6 Å². The summed E-state index contributed by atoms with van der Waals surface area (Å²) in [6, 6.07) is 11.5. The van der Waals surface area contributed by atoms with Crippen LogP contribution in [-0.2, 0) is 6.54 Å². The van der Waals surface area contributed by atoms with E-state index < -0.39 is 0 Å². The molecule has 0 unspecified atom stereocenters. The molecule has 6 aromatic rings. The Morgan fingerprint density at radius 2 is 1.94 bits per heavy atom. The van der Waals surface area contributed by atoms with E-state index in [2.05, 4.69) is 36.1 Å². The average molecular weight is 496 g/mol. The highest BCUT2D eigenvalue weighted by Crippen LogP contribution is 2.34. The van der Waals surface area contributed by atoms with E-state index in [1.54, 1.807) is 23.7 Å². The molecule has 0 radical (unpaired) electrons. The predicted molar refractivity (Wildman–Crippen MR) is 140 cm³/mol. The van der Waals surface area contributed by atoms with Gasteiger partial charge in [-0.2, -0.15) is 5.10 Å². The average Bonchev–Trinajstić information content (AvgIpc) is 3.70. The lowest BCUT2D eigenvalue weighted by Gasteiger charge is -2.14. The molecular formula is C27H22FN7S. The molecule has 7 nitrogen and oxygen atoms in total. The maximum atomic E-state index is 15.2. The summed E-state index contributed by atoms with van der Waals surface area (Å²) in [6.07, 6.45) is 7.93. The third-order valence-electron chi connectivity index (χ3n) is 6.74. The number of nitrogens with one attached hydrogen (secondary N) is 2. The third kappa shape index (κ3) is 3.68. The molecule has 0 aliphatic carbocycles. The van der Waals surface area contributed by atoms with Gasteiger partial charge in [-0.25, -0.2) is 9.37 Å². The molecule has 1 aromatic carbocycles. The first kappa shape index (κ1) is 21.3. The second-order valence-electron chi connectivity index (χ2n) is 9.14. The molecule has 1 aliphatic rings. The molecule has 0 atom stereocenters. The van der Waals surface area contributed by atoms with Crippen molar-refractivity contribution in [1.82, 2.24) is 35.0 Å². The van der Waals surface area contributed by atoms with Crippen molar-refractivity contribution in [3.63, 3.8) is 0 Å². The Morgan fingerprint density at radius 3 is 2.81 bits per heavy atom. The van der Waals surface area contributed by atoms with E-state index in [1.165, 1.54) is 18.9 Å². The van der Waals surface area contributed by atoms with Crippen molar-refractivity contribution in [3.05, 3.63) is 71.7 Å². The standard InChI is InChI=1S/C27H22FN7S/c28-20-12-17(18-10-16(13-29-14-18)15-35-7-1-2-8-35)11-19-23(20)33-34-24(19)27-31-21-5-6-30-26(25(21)32-27)22-4-3-9-36-22/h3-6,9-14H,1-2,7-8,15H2,(H,31,32)(H,33,34). The molecule has 0 spiro atoms. The molecule has 5 aromatic heterocycles. The van der Waals surface area contributed by atoms with Crippen molar-refractivity contribution in [2.24, 2.45) is 0 Å². The normalized spacial score (nSPS) is 14.4. The summed E-state index contributed by atoms with van der Waals surface area (Å²) in [5, 5.41) is 9.95. The topological polar surface area (TPSA) is 86.4 Å². The van der Waals surface area contributed by atoms with Crippen LogP contribution in [-0.4, -0.2) is 48.1 Å². The summed E-state index contributed by atoms with van der Waals surface area (Å²) in [7, 11) is 0. The van der Waals surface area contributed by atoms with Crippen molar-refractivity contribution in [2.75, 3.05) is 13.1 Å². The summed E-state index contributed by atoms with van der Waals surface area (Å²) in [4.78, 5) is 20.7. The molecule has 7 rings (SSSR count). The monoisotopic (exact) mass is 495 g/mol. The number of H-pyrrole nitrogens is 2. The van der Waals surface area contributed by atoms with E-state index in [4.69, 9.17) is 4.98 Å². The van der Waals surface area contributed by atoms with Crippen molar-refractivity contribution >= 4 is 33.3 Å². The Hall–Kier alpha value is -3.95. The lowest BCUT2D eigenvalue weighted by atomic mass is 10.0. The molecule has 1 saturated heterocycles. The number of halogens is 1. The highest BCUT2D eigenvalue weighted by atomic mass is 32.1. The molecule has 1 aliphatic heterocycles. The van der Waals surface area contributed by atoms with Gasteiger partial charge >= 0.3 is 0 Å². The van der Waals surface area contributed by atoms with Gasteiger partial charge in [-0.3, -0.25) is 20.0 Å². The minimum atomic E-state index is -0.382. The zero-order chi connectivity index (χ0) is 24.1. The van der Waals surface area contributed by atoms with Crippen LogP contribution in [0, 0.1) is 5.82 Å². The molecular weight excluding hydrogens is 473 g/mol. The molecule has 0 amide bonds. The van der Waals surface area contributed by atoms with Gasteiger partial charge in [0, 0.05) is 36.1 Å². The zero-order valence-corrected chi connectivity index (χ0v) is 20.1. The summed E-state index contributed by atoms with van der Waals surface area (Å²) in [5.41, 5.74) is 6.15. The van der Waals surface area contributed by atoms with E-state index in [1.807, 2.05) is 35.8 Å². The first-order valence-corrected chi connectivity index (χ1v) is 12.8. The Balaban J connectivity index is 1.31. The van der Waals surface area contributed by atoms with E-state index in [0.29, 0.717) is 16.9 Å². The van der Waals surface area contributed by atoms with Gasteiger partial charge in [0.05, 0.1) is 10.4 Å². The van der Waals surface area contributed by atoms with Crippen LogP contribution in [0.1, 0.15) is 18.4 Å². The highest BCUT2D eigenvalue weighted by Gasteiger charge is 2.19. The highest BCUT2D eigenvalue weighted by molar-refractivity contribution is 7.13. The molecule has 0 bridgehead atoms. The largest absolute Gasteiger partial charge is 0.337 e. The Bertz CT molecular complexity index is 1700. The fraction of sp³-hybridized carbons (Fsp3) is 0.185. The number of thiophene rings is 1. The second-order valence-corrected chi connectivity index (χ2v) is 10.1. The summed E-state index contributed by atoms with van der Waals surface area (Å²) < 4.78 is 15.2. The molecule has 0 saturated carbocycles. The summed E-state index contributed by atoms with van der Waals surface area (Å²) in [5.74, 6) is 0.211. The summed E-state index contributed by atoms with van der Waals surface area (Å²) >= 11 is 1.62. The van der Waals surface area contributed by atoms with Crippen LogP contribution in [0.5, 0.6) is 0 Å². The zero-order valence-electron chi connectivity index (χ0n) is 19.3. The molecule has 9 heteroatoms. The van der Waals surface area contributed by atoms with Crippen LogP contribution in [0.2, 0.25) is 0 Å². The lowest BCUT2D eigenvalue weighted by Crippen LogP contribution is -2.18. The summed E-state index contributed by atoms with van der Waals surface area (Å²) in [6.45, 7) is 3.09. The third-order valence-corrected chi connectivity index (χ3v) is 7.61. The van der Waals surface area contributed by atoms with Crippen LogP contribution >= 0.6 is 11.3 Å². The SMILES string of the molecule is Fc1cc(-c2cncc(CN3CCCC3)c2)cc2c(-c3nc4c(-c5cccs5)nccc4[nH]3)[nH]nc12. The van der Waals surface area contributed by atoms with Crippen LogP contribution in [0.15, 0.2) is 60.4 Å². The number of aromatic amines is 2. The van der Waals surface area contributed by atoms with Crippen LogP contribution in [0.4, 0.5) is 4.39 Å². The van der Waals surface area contributed by atoms with E-state index in [-0.39, 0.29) is 11.3 Å². The van der Waals surface area contributed by atoms with E-state index in [0.717, 1.165) is 57.9 Å². The number of hydrogen-bond acceptors (Lipinski definition) is 6. The van der Waals surface area contributed by atoms with Gasteiger partial charge in [-0.15, -0.1) is 11.3 Å². The van der Waals surface area contributed by atoms with Crippen LogP contribution in [0.25, 0.3) is 55.2 Å². The van der Waals surface area contributed by atoms with Gasteiger partial charge in [-0.05, 0) is 72.8 Å². The first-order valence-electron chi connectivity index (χ1n) is 12.0. The maximum Gasteiger partial charge on any atom is 0.157 e. The quantitative estimate of drug-likeness (QED) is 0.305. The molecule has 178 valence electrons. The van der Waals surface area contributed by atoms with Crippen molar-refractivity contribution in [3.8, 4) is 33.2 Å². The van der Waals surface area contributed by atoms with Crippen molar-refractivity contribution in [1.29, 1.82) is 0 Å². The van der Waals surface area contributed by atoms with Crippen molar-refractivity contribution in [2.45, 2.75) is 19.4 Å². The fourth-order valence-electron chi connectivity index (χ4n) is 5.00.